The molecule has 5 nitrogen and oxygen atoms in total. The second-order valence-electron chi connectivity index (χ2n) is 5.86. The van der Waals surface area contributed by atoms with Gasteiger partial charge in [-0.05, 0) is 37.8 Å². The van der Waals surface area contributed by atoms with E-state index >= 15 is 0 Å². The van der Waals surface area contributed by atoms with Crippen LogP contribution in [0.2, 0.25) is 0 Å². The van der Waals surface area contributed by atoms with E-state index in [0.717, 1.165) is 29.7 Å². The lowest BCUT2D eigenvalue weighted by molar-refractivity contribution is -0.116. The van der Waals surface area contributed by atoms with Gasteiger partial charge in [0.2, 0.25) is 5.91 Å². The minimum atomic E-state index is -0.206. The molecule has 0 fully saturated rings. The second kappa shape index (κ2) is 9.18. The maximum absolute atomic E-state index is 12.1. The zero-order valence-corrected chi connectivity index (χ0v) is 14.9. The summed E-state index contributed by atoms with van der Waals surface area (Å²) in [5.74, 6) is -0.00772. The van der Waals surface area contributed by atoms with Crippen molar-refractivity contribution in [3.63, 3.8) is 0 Å². The predicted octanol–water partition coefficient (Wildman–Crippen LogP) is 2.87. The molecule has 0 unspecified atom stereocenters. The molecule has 0 radical (unpaired) electrons. The van der Waals surface area contributed by atoms with Crippen molar-refractivity contribution in [2.75, 3.05) is 18.0 Å². The fraction of sp³-hybridized carbons (Fsp3) is 0.556. The van der Waals surface area contributed by atoms with E-state index in [9.17, 15) is 9.59 Å². The number of nitrogens with one attached hydrogen (secondary N) is 2. The number of carbonyl (C=O) groups excluding carboxylic acids is 2. The van der Waals surface area contributed by atoms with Gasteiger partial charge in [-0.1, -0.05) is 32.0 Å². The summed E-state index contributed by atoms with van der Waals surface area (Å²) in [6, 6.07) is 6.04. The van der Waals surface area contributed by atoms with Crippen molar-refractivity contribution in [2.45, 2.75) is 53.5 Å². The number of aryl methyl sites for hydroxylation is 2. The zero-order chi connectivity index (χ0) is 17.4. The molecule has 0 saturated heterocycles. The molecule has 1 rings (SSSR count). The predicted molar refractivity (Wildman–Crippen MR) is 94.9 cm³/mol. The smallest absolute Gasteiger partial charge is 0.315 e. The topological polar surface area (TPSA) is 61.4 Å². The summed E-state index contributed by atoms with van der Waals surface area (Å²) in [5.41, 5.74) is 3.31. The highest BCUT2D eigenvalue weighted by atomic mass is 16.2. The van der Waals surface area contributed by atoms with Crippen LogP contribution >= 0.6 is 0 Å². The Morgan fingerprint density at radius 3 is 2.13 bits per heavy atom. The summed E-state index contributed by atoms with van der Waals surface area (Å²) in [6.07, 6.45) is 1.74. The van der Waals surface area contributed by atoms with Crippen LogP contribution in [0.25, 0.3) is 0 Å². The lowest BCUT2D eigenvalue weighted by atomic mass is 10.0. The van der Waals surface area contributed by atoms with Gasteiger partial charge in [0.05, 0.1) is 5.69 Å². The van der Waals surface area contributed by atoms with Gasteiger partial charge in [-0.2, -0.15) is 0 Å². The molecule has 3 amide bonds. The maximum Gasteiger partial charge on any atom is 0.315 e. The Morgan fingerprint density at radius 2 is 1.70 bits per heavy atom. The zero-order valence-electron chi connectivity index (χ0n) is 14.9. The molecule has 0 aliphatic carbocycles. The number of hydrogen-bond acceptors (Lipinski definition) is 2. The molecule has 0 spiro atoms. The summed E-state index contributed by atoms with van der Waals surface area (Å²) in [7, 11) is 0. The summed E-state index contributed by atoms with van der Waals surface area (Å²) in [5, 5.41) is 5.58. The first kappa shape index (κ1) is 19.0. The van der Waals surface area contributed by atoms with E-state index in [1.807, 2.05) is 19.9 Å². The Morgan fingerprint density at radius 1 is 1.13 bits per heavy atom. The van der Waals surface area contributed by atoms with E-state index in [1.165, 1.54) is 0 Å². The molecule has 1 aromatic carbocycles. The first-order chi connectivity index (χ1) is 10.9. The number of benzene rings is 1. The van der Waals surface area contributed by atoms with Crippen LogP contribution < -0.4 is 15.5 Å². The van der Waals surface area contributed by atoms with Crippen LogP contribution in [0.3, 0.4) is 0 Å². The van der Waals surface area contributed by atoms with Gasteiger partial charge in [0.1, 0.15) is 0 Å². The summed E-state index contributed by atoms with van der Waals surface area (Å²) < 4.78 is 0. The third-order valence-corrected chi connectivity index (χ3v) is 3.66. The lowest BCUT2D eigenvalue weighted by Crippen LogP contribution is -2.44. The number of para-hydroxylation sites is 1. The van der Waals surface area contributed by atoms with Crippen LogP contribution in [0, 0.1) is 0 Å². The van der Waals surface area contributed by atoms with Crippen LogP contribution in [0.15, 0.2) is 18.2 Å². The highest BCUT2D eigenvalue weighted by Gasteiger charge is 2.18. The molecule has 0 aliphatic rings. The molecule has 5 heteroatoms. The molecule has 1 aromatic rings. The molecule has 0 aliphatic heterocycles. The van der Waals surface area contributed by atoms with Crippen LogP contribution in [-0.2, 0) is 17.6 Å². The Labute approximate surface area is 139 Å². The standard InChI is InChI=1S/C18H29N3O2/c1-6-15-9-8-10-16(7-2)17(15)21(14(5)22)12-11-19-18(23)20-13(3)4/h8-10,13H,6-7,11-12H2,1-5H3,(H2,19,20,23). The fourth-order valence-corrected chi connectivity index (χ4v) is 2.58. The maximum atomic E-state index is 12.1. The van der Waals surface area contributed by atoms with Crippen molar-refractivity contribution in [3.8, 4) is 0 Å². The molecule has 2 N–H and O–H groups in total. The van der Waals surface area contributed by atoms with Crippen LogP contribution in [-0.4, -0.2) is 31.1 Å². The number of nitrogens with zero attached hydrogens (tertiary/aromatic N) is 1. The lowest BCUT2D eigenvalue weighted by Gasteiger charge is -2.26. The number of urea groups is 1. The Balaban J connectivity index is 2.88. The SMILES string of the molecule is CCc1cccc(CC)c1N(CCNC(=O)NC(C)C)C(C)=O. The minimum Gasteiger partial charge on any atom is -0.336 e. The number of rotatable bonds is 7. The largest absolute Gasteiger partial charge is 0.336 e. The fourth-order valence-electron chi connectivity index (χ4n) is 2.58. The molecular weight excluding hydrogens is 290 g/mol. The molecule has 0 atom stereocenters. The number of carbonyl (C=O) groups is 2. The minimum absolute atomic E-state index is 0.00772. The van der Waals surface area contributed by atoms with Crippen molar-refractivity contribution in [2.24, 2.45) is 0 Å². The van der Waals surface area contributed by atoms with Gasteiger partial charge in [0, 0.05) is 26.1 Å². The average molecular weight is 319 g/mol. The molecule has 128 valence electrons. The number of anilines is 1. The van der Waals surface area contributed by atoms with Gasteiger partial charge in [0.25, 0.3) is 0 Å². The highest BCUT2D eigenvalue weighted by Crippen LogP contribution is 2.27. The highest BCUT2D eigenvalue weighted by molar-refractivity contribution is 5.93. The van der Waals surface area contributed by atoms with Crippen molar-refractivity contribution in [1.82, 2.24) is 10.6 Å². The van der Waals surface area contributed by atoms with Crippen LogP contribution in [0.5, 0.6) is 0 Å². The molecular formula is C18H29N3O2. The summed E-state index contributed by atoms with van der Waals surface area (Å²) in [4.78, 5) is 25.6. The molecule has 0 saturated carbocycles. The van der Waals surface area contributed by atoms with Gasteiger partial charge in [-0.15, -0.1) is 0 Å². The Bertz CT molecular complexity index is 519. The van der Waals surface area contributed by atoms with Gasteiger partial charge < -0.3 is 15.5 Å². The van der Waals surface area contributed by atoms with Crippen molar-refractivity contribution >= 4 is 17.6 Å². The van der Waals surface area contributed by atoms with Gasteiger partial charge in [-0.25, -0.2) is 4.79 Å². The second-order valence-corrected chi connectivity index (χ2v) is 5.86. The van der Waals surface area contributed by atoms with Crippen LogP contribution in [0.1, 0.15) is 45.7 Å². The summed E-state index contributed by atoms with van der Waals surface area (Å²) >= 11 is 0. The van der Waals surface area contributed by atoms with E-state index in [-0.39, 0.29) is 18.0 Å². The van der Waals surface area contributed by atoms with Crippen molar-refractivity contribution in [1.29, 1.82) is 0 Å². The van der Waals surface area contributed by atoms with Crippen molar-refractivity contribution < 1.29 is 9.59 Å². The first-order valence-electron chi connectivity index (χ1n) is 8.33. The Kier molecular flexibility index (Phi) is 7.59. The molecule has 0 aromatic heterocycles. The van der Waals surface area contributed by atoms with Gasteiger partial charge >= 0.3 is 6.03 Å². The normalized spacial score (nSPS) is 10.5. The quantitative estimate of drug-likeness (QED) is 0.812. The van der Waals surface area contributed by atoms with E-state index in [1.54, 1.807) is 11.8 Å². The van der Waals surface area contributed by atoms with E-state index in [2.05, 4.69) is 36.6 Å². The first-order valence-corrected chi connectivity index (χ1v) is 8.33. The van der Waals surface area contributed by atoms with E-state index < -0.39 is 0 Å². The van der Waals surface area contributed by atoms with Crippen LogP contribution in [0.4, 0.5) is 10.5 Å². The van der Waals surface area contributed by atoms with E-state index in [0.29, 0.717) is 13.1 Å². The molecule has 0 heterocycles. The average Bonchev–Trinajstić information content (AvgIpc) is 2.49. The van der Waals surface area contributed by atoms with Gasteiger partial charge in [0.15, 0.2) is 0 Å². The van der Waals surface area contributed by atoms with Crippen molar-refractivity contribution in [3.05, 3.63) is 29.3 Å². The third kappa shape index (κ3) is 5.58. The van der Waals surface area contributed by atoms with E-state index in [4.69, 9.17) is 0 Å². The molecule has 0 bridgehead atoms. The number of amides is 3. The number of hydrogen-bond donors (Lipinski definition) is 2. The Hall–Kier alpha value is -2.04. The summed E-state index contributed by atoms with van der Waals surface area (Å²) in [6.45, 7) is 10.4. The molecule has 23 heavy (non-hydrogen) atoms. The third-order valence-electron chi connectivity index (χ3n) is 3.66. The monoisotopic (exact) mass is 319 g/mol. The van der Waals surface area contributed by atoms with Gasteiger partial charge in [-0.3, -0.25) is 4.79 Å².